The maximum atomic E-state index is 5.51. The van der Waals surface area contributed by atoms with Crippen molar-refractivity contribution < 1.29 is 9.47 Å². The van der Waals surface area contributed by atoms with Crippen LogP contribution in [-0.2, 0) is 9.47 Å². The van der Waals surface area contributed by atoms with Crippen molar-refractivity contribution in [3.63, 3.8) is 0 Å². The molecule has 0 unspecified atom stereocenters. The summed E-state index contributed by atoms with van der Waals surface area (Å²) < 4.78 is 11.0. The molecule has 0 aromatic rings. The Bertz CT molecular complexity index is 92.4. The molecule has 0 amide bonds. The highest BCUT2D eigenvalue weighted by Gasteiger charge is 2.20. The van der Waals surface area contributed by atoms with E-state index >= 15 is 0 Å². The predicted molar refractivity (Wildman–Crippen MR) is 47.6 cm³/mol. The van der Waals surface area contributed by atoms with Gasteiger partial charge >= 0.3 is 0 Å². The molecule has 0 aromatic heterocycles. The van der Waals surface area contributed by atoms with E-state index in [-0.39, 0.29) is 6.29 Å². The topological polar surface area (TPSA) is 18.5 Å². The van der Waals surface area contributed by atoms with Crippen LogP contribution in [0.5, 0.6) is 0 Å². The van der Waals surface area contributed by atoms with Gasteiger partial charge in [0.05, 0.1) is 13.2 Å². The average molecular weight is 170 g/mol. The summed E-state index contributed by atoms with van der Waals surface area (Å²) in [6.07, 6.45) is 3.92. The Hall–Kier alpha value is -0.0800. The molecule has 2 radical (unpaired) electrons. The summed E-state index contributed by atoms with van der Waals surface area (Å²) in [5, 5.41) is 0. The summed E-state index contributed by atoms with van der Waals surface area (Å²) in [5.74, 6) is 0.517. The third-order valence-electron chi connectivity index (χ3n) is 2.13. The fraction of sp³-hybridized carbons (Fsp3) is 0.900. The molecule has 2 nitrogen and oxygen atoms in total. The third-order valence-corrected chi connectivity index (χ3v) is 2.13. The van der Waals surface area contributed by atoms with Gasteiger partial charge in [-0.1, -0.05) is 13.3 Å². The van der Waals surface area contributed by atoms with Crippen molar-refractivity contribution in [2.45, 2.75) is 38.9 Å². The van der Waals surface area contributed by atoms with Gasteiger partial charge in [0.1, 0.15) is 0 Å². The Morgan fingerprint density at radius 2 is 1.92 bits per heavy atom. The Kier molecular flexibility index (Phi) is 4.62. The first-order chi connectivity index (χ1) is 5.86. The molecule has 0 aromatic carbocycles. The van der Waals surface area contributed by atoms with E-state index in [9.17, 15) is 0 Å². The van der Waals surface area contributed by atoms with Gasteiger partial charge in [0, 0.05) is 5.92 Å². The molecule has 1 aliphatic rings. The van der Waals surface area contributed by atoms with Crippen molar-refractivity contribution >= 4 is 0 Å². The lowest BCUT2D eigenvalue weighted by Gasteiger charge is -2.28. The zero-order valence-electron chi connectivity index (χ0n) is 7.79. The summed E-state index contributed by atoms with van der Waals surface area (Å²) >= 11 is 0. The van der Waals surface area contributed by atoms with E-state index in [1.807, 2.05) is 0 Å². The van der Waals surface area contributed by atoms with Gasteiger partial charge in [-0.15, -0.1) is 0 Å². The van der Waals surface area contributed by atoms with Crippen molar-refractivity contribution in [3.05, 3.63) is 6.92 Å². The van der Waals surface area contributed by atoms with Crippen LogP contribution in [0.15, 0.2) is 0 Å². The van der Waals surface area contributed by atoms with Gasteiger partial charge < -0.3 is 9.47 Å². The number of ether oxygens (including phenoxy) is 2. The van der Waals surface area contributed by atoms with Crippen LogP contribution in [0, 0.1) is 12.8 Å². The fourth-order valence-electron chi connectivity index (χ4n) is 1.39. The van der Waals surface area contributed by atoms with Crippen LogP contribution < -0.4 is 0 Å². The summed E-state index contributed by atoms with van der Waals surface area (Å²) in [6.45, 7) is 9.22. The van der Waals surface area contributed by atoms with Crippen molar-refractivity contribution in [2.24, 2.45) is 5.92 Å². The van der Waals surface area contributed by atoms with Crippen LogP contribution in [0.4, 0.5) is 0 Å². The van der Waals surface area contributed by atoms with Gasteiger partial charge in [-0.2, -0.15) is 0 Å². The first-order valence-corrected chi connectivity index (χ1v) is 4.80. The summed E-state index contributed by atoms with van der Waals surface area (Å²) in [5.41, 5.74) is 0. The summed E-state index contributed by atoms with van der Waals surface area (Å²) in [4.78, 5) is 0. The number of hydrogen-bond acceptors (Lipinski definition) is 2. The monoisotopic (exact) mass is 170 g/mol. The maximum absolute atomic E-state index is 5.51. The molecule has 0 saturated carbocycles. The SMILES string of the molecule is [CH]CCC1COC(CCC)OC1. The lowest BCUT2D eigenvalue weighted by atomic mass is 10.1. The Balaban J connectivity index is 2.11. The lowest BCUT2D eigenvalue weighted by molar-refractivity contribution is -0.203. The van der Waals surface area contributed by atoms with E-state index in [1.54, 1.807) is 0 Å². The van der Waals surface area contributed by atoms with E-state index in [2.05, 4.69) is 6.92 Å². The molecule has 1 rings (SSSR count). The van der Waals surface area contributed by atoms with E-state index < -0.39 is 0 Å². The molecule has 1 saturated heterocycles. The molecule has 2 heteroatoms. The molecule has 70 valence electrons. The smallest absolute Gasteiger partial charge is 0.157 e. The highest BCUT2D eigenvalue weighted by atomic mass is 16.7. The standard InChI is InChI=1S/C10H18O2/c1-3-5-9-7-11-10(6-4-2)12-8-9/h1,9-10H,3-8H2,2H3. The molecule has 0 aliphatic carbocycles. The van der Waals surface area contributed by atoms with Crippen LogP contribution in [-0.4, -0.2) is 19.5 Å². The van der Waals surface area contributed by atoms with Crippen LogP contribution in [0.25, 0.3) is 0 Å². The van der Waals surface area contributed by atoms with Gasteiger partial charge in [-0.3, -0.25) is 0 Å². The fourth-order valence-corrected chi connectivity index (χ4v) is 1.39. The predicted octanol–water partition coefficient (Wildman–Crippen LogP) is 2.27. The molecule has 0 N–H and O–H groups in total. The molecule has 0 bridgehead atoms. The Labute approximate surface area is 75.2 Å². The van der Waals surface area contributed by atoms with Gasteiger partial charge in [-0.25, -0.2) is 0 Å². The maximum Gasteiger partial charge on any atom is 0.157 e. The second-order valence-corrected chi connectivity index (χ2v) is 3.33. The molecule has 12 heavy (non-hydrogen) atoms. The average Bonchev–Trinajstić information content (AvgIpc) is 2.09. The Morgan fingerprint density at radius 3 is 2.42 bits per heavy atom. The van der Waals surface area contributed by atoms with Crippen molar-refractivity contribution in [1.82, 2.24) is 0 Å². The normalized spacial score (nSPS) is 30.5. The molecular formula is C10H18O2. The largest absolute Gasteiger partial charge is 0.352 e. The van der Waals surface area contributed by atoms with Crippen LogP contribution in [0.1, 0.15) is 32.6 Å². The van der Waals surface area contributed by atoms with E-state index in [0.29, 0.717) is 5.92 Å². The minimum atomic E-state index is 0.0454. The van der Waals surface area contributed by atoms with Crippen LogP contribution >= 0.6 is 0 Å². The van der Waals surface area contributed by atoms with Gasteiger partial charge in [0.2, 0.25) is 0 Å². The lowest BCUT2D eigenvalue weighted by Crippen LogP contribution is -2.31. The zero-order valence-corrected chi connectivity index (χ0v) is 7.79. The first-order valence-electron chi connectivity index (χ1n) is 4.80. The van der Waals surface area contributed by atoms with Gasteiger partial charge in [0.25, 0.3) is 0 Å². The van der Waals surface area contributed by atoms with Crippen molar-refractivity contribution in [2.75, 3.05) is 13.2 Å². The number of hydrogen-bond donors (Lipinski definition) is 0. The van der Waals surface area contributed by atoms with Crippen molar-refractivity contribution in [1.29, 1.82) is 0 Å². The minimum Gasteiger partial charge on any atom is -0.352 e. The third kappa shape index (κ3) is 3.11. The van der Waals surface area contributed by atoms with E-state index in [1.165, 1.54) is 0 Å². The summed E-state index contributed by atoms with van der Waals surface area (Å²) in [6, 6.07) is 0. The highest BCUT2D eigenvalue weighted by molar-refractivity contribution is 4.63. The second kappa shape index (κ2) is 5.55. The van der Waals surface area contributed by atoms with Gasteiger partial charge in [0.15, 0.2) is 6.29 Å². The summed E-state index contributed by atoms with van der Waals surface area (Å²) in [7, 11) is 0. The van der Waals surface area contributed by atoms with Crippen LogP contribution in [0.3, 0.4) is 0 Å². The van der Waals surface area contributed by atoms with Gasteiger partial charge in [-0.05, 0) is 26.2 Å². The Morgan fingerprint density at radius 1 is 1.25 bits per heavy atom. The zero-order chi connectivity index (χ0) is 8.81. The van der Waals surface area contributed by atoms with Crippen LogP contribution in [0.2, 0.25) is 0 Å². The molecular weight excluding hydrogens is 152 g/mol. The number of rotatable bonds is 4. The minimum absolute atomic E-state index is 0.0454. The molecule has 0 atom stereocenters. The van der Waals surface area contributed by atoms with Crippen molar-refractivity contribution in [3.8, 4) is 0 Å². The molecule has 1 aliphatic heterocycles. The highest BCUT2D eigenvalue weighted by Crippen LogP contribution is 2.17. The molecule has 1 fully saturated rings. The second-order valence-electron chi connectivity index (χ2n) is 3.33. The first kappa shape index (κ1) is 10.0. The molecule has 1 heterocycles. The van der Waals surface area contributed by atoms with E-state index in [4.69, 9.17) is 16.4 Å². The van der Waals surface area contributed by atoms with E-state index in [0.717, 1.165) is 38.9 Å². The molecule has 0 spiro atoms. The quantitative estimate of drug-likeness (QED) is 0.644.